The highest BCUT2D eigenvalue weighted by Crippen LogP contribution is 2.48. The van der Waals surface area contributed by atoms with Crippen molar-refractivity contribution in [1.29, 1.82) is 5.26 Å². The Morgan fingerprint density at radius 1 is 1.38 bits per heavy atom. The number of nitrogens with zero attached hydrogens (tertiary/aromatic N) is 2. The number of allylic oxidation sites excluding steroid dienone is 1. The van der Waals surface area contributed by atoms with E-state index in [2.05, 4.69) is 16.3 Å². The average molecular weight is 326 g/mol. The van der Waals surface area contributed by atoms with Crippen LogP contribution in [0.15, 0.2) is 23.6 Å². The van der Waals surface area contributed by atoms with Gasteiger partial charge in [0.15, 0.2) is 11.5 Å². The fraction of sp³-hybridized carbons (Fsp3) is 0.250. The Labute approximate surface area is 137 Å². The molecule has 0 fully saturated rings. The van der Waals surface area contributed by atoms with Gasteiger partial charge in [-0.25, -0.2) is 0 Å². The number of ether oxygens (including phenoxy) is 4. The van der Waals surface area contributed by atoms with E-state index < -0.39 is 5.92 Å². The van der Waals surface area contributed by atoms with E-state index in [9.17, 15) is 5.26 Å². The minimum absolute atomic E-state index is 0.0289. The highest BCUT2D eigenvalue weighted by atomic mass is 16.7. The van der Waals surface area contributed by atoms with E-state index >= 15 is 0 Å². The molecule has 0 spiro atoms. The molecule has 1 aromatic heterocycles. The van der Waals surface area contributed by atoms with E-state index in [4.69, 9.17) is 24.7 Å². The lowest BCUT2D eigenvalue weighted by Gasteiger charge is -2.25. The Hall–Kier alpha value is -3.34. The Bertz CT molecular complexity index is 910. The highest BCUT2D eigenvalue weighted by molar-refractivity contribution is 5.62. The first-order chi connectivity index (χ1) is 11.6. The number of H-pyrrole nitrogens is 1. The number of nitriles is 1. The first-order valence-corrected chi connectivity index (χ1v) is 7.24. The molecular weight excluding hydrogens is 312 g/mol. The van der Waals surface area contributed by atoms with Gasteiger partial charge in [0.2, 0.25) is 18.6 Å². The van der Waals surface area contributed by atoms with E-state index in [0.717, 1.165) is 16.8 Å². The zero-order valence-electron chi connectivity index (χ0n) is 13.0. The number of aryl methyl sites for hydroxylation is 1. The summed E-state index contributed by atoms with van der Waals surface area (Å²) < 4.78 is 21.8. The molecule has 8 nitrogen and oxygen atoms in total. The monoisotopic (exact) mass is 326 g/mol. The molecule has 2 aromatic rings. The molecule has 1 aromatic carbocycles. The topological polar surface area (TPSA) is 115 Å². The maximum absolute atomic E-state index is 9.61. The highest BCUT2D eigenvalue weighted by Gasteiger charge is 2.37. The smallest absolute Gasteiger partial charge is 0.244 e. The minimum Gasteiger partial charge on any atom is -0.496 e. The van der Waals surface area contributed by atoms with Gasteiger partial charge in [-0.1, -0.05) is 0 Å². The minimum atomic E-state index is -0.470. The van der Waals surface area contributed by atoms with Crippen molar-refractivity contribution < 1.29 is 18.9 Å². The number of hydrogen-bond acceptors (Lipinski definition) is 7. The normalized spacial score (nSPS) is 18.0. The number of benzene rings is 1. The van der Waals surface area contributed by atoms with Crippen molar-refractivity contribution in [3.05, 3.63) is 40.4 Å². The summed E-state index contributed by atoms with van der Waals surface area (Å²) in [6.45, 7) is 2.01. The van der Waals surface area contributed by atoms with Crippen LogP contribution >= 0.6 is 0 Å². The lowest BCUT2D eigenvalue weighted by atomic mass is 9.83. The van der Waals surface area contributed by atoms with Crippen LogP contribution in [-0.4, -0.2) is 24.1 Å². The van der Waals surface area contributed by atoms with Crippen molar-refractivity contribution in [2.24, 2.45) is 5.73 Å². The van der Waals surface area contributed by atoms with Crippen LogP contribution in [0.4, 0.5) is 0 Å². The van der Waals surface area contributed by atoms with Crippen molar-refractivity contribution >= 4 is 0 Å². The van der Waals surface area contributed by atoms with Gasteiger partial charge in [0.05, 0.1) is 13.0 Å². The van der Waals surface area contributed by atoms with Crippen molar-refractivity contribution in [2.45, 2.75) is 12.8 Å². The summed E-state index contributed by atoms with van der Waals surface area (Å²) in [5.74, 6) is 1.67. The number of fused-ring (bicyclic) bond motifs is 2. The Morgan fingerprint density at radius 3 is 2.83 bits per heavy atom. The molecule has 122 valence electrons. The fourth-order valence-electron chi connectivity index (χ4n) is 3.05. The van der Waals surface area contributed by atoms with E-state index in [1.165, 1.54) is 0 Å². The predicted octanol–water partition coefficient (Wildman–Crippen LogP) is 1.67. The summed E-state index contributed by atoms with van der Waals surface area (Å²) in [5.41, 5.74) is 8.49. The fourth-order valence-corrected chi connectivity index (χ4v) is 3.05. The van der Waals surface area contributed by atoms with Crippen LogP contribution in [0.25, 0.3) is 0 Å². The molecule has 2 aliphatic rings. The zero-order chi connectivity index (χ0) is 16.8. The second-order valence-electron chi connectivity index (χ2n) is 5.44. The van der Waals surface area contributed by atoms with Gasteiger partial charge in [0.25, 0.3) is 0 Å². The summed E-state index contributed by atoms with van der Waals surface area (Å²) in [4.78, 5) is 0. The summed E-state index contributed by atoms with van der Waals surface area (Å²) in [6.07, 6.45) is 0. The molecule has 2 aliphatic heterocycles. The molecular formula is C16H14N4O4. The van der Waals surface area contributed by atoms with Gasteiger partial charge in [-0.05, 0) is 13.0 Å². The van der Waals surface area contributed by atoms with Crippen molar-refractivity contribution in [3.8, 4) is 29.2 Å². The Kier molecular flexibility index (Phi) is 3.03. The van der Waals surface area contributed by atoms with Crippen molar-refractivity contribution in [3.63, 3.8) is 0 Å². The molecule has 0 bridgehead atoms. The first-order valence-electron chi connectivity index (χ1n) is 7.24. The molecule has 24 heavy (non-hydrogen) atoms. The standard InChI is InChI=1S/C16H14N4O4/c1-7-13-14(9(5-17)15(18)24-16(13)20-19-7)8-3-11-12(23-6-22-11)4-10(8)21-2/h3-4,14H,6,18H2,1-2H3,(H,19,20)/t14-/m1/s1. The first kappa shape index (κ1) is 14.3. The predicted molar refractivity (Wildman–Crippen MR) is 81.7 cm³/mol. The molecule has 3 heterocycles. The van der Waals surface area contributed by atoms with E-state index in [1.807, 2.05) is 6.92 Å². The maximum Gasteiger partial charge on any atom is 0.244 e. The van der Waals surface area contributed by atoms with E-state index in [-0.39, 0.29) is 12.7 Å². The molecule has 0 amide bonds. The van der Waals surface area contributed by atoms with Crippen molar-refractivity contribution in [1.82, 2.24) is 10.2 Å². The second-order valence-corrected chi connectivity index (χ2v) is 5.44. The zero-order valence-corrected chi connectivity index (χ0v) is 13.0. The third-order valence-electron chi connectivity index (χ3n) is 4.17. The lowest BCUT2D eigenvalue weighted by molar-refractivity contribution is 0.174. The molecule has 0 saturated heterocycles. The number of rotatable bonds is 2. The van der Waals surface area contributed by atoms with Gasteiger partial charge in [0, 0.05) is 22.9 Å². The quantitative estimate of drug-likeness (QED) is 0.862. The summed E-state index contributed by atoms with van der Waals surface area (Å²) in [6, 6.07) is 5.69. The second kappa shape index (κ2) is 5.09. The van der Waals surface area contributed by atoms with Gasteiger partial charge in [0.1, 0.15) is 17.4 Å². The van der Waals surface area contributed by atoms with Gasteiger partial charge < -0.3 is 24.7 Å². The van der Waals surface area contributed by atoms with Crippen LogP contribution in [0.5, 0.6) is 23.1 Å². The summed E-state index contributed by atoms with van der Waals surface area (Å²) in [7, 11) is 1.56. The third-order valence-corrected chi connectivity index (χ3v) is 4.17. The number of nitrogens with one attached hydrogen (secondary N) is 1. The van der Waals surface area contributed by atoms with Crippen LogP contribution in [-0.2, 0) is 0 Å². The number of aromatic amines is 1. The molecule has 4 rings (SSSR count). The van der Waals surface area contributed by atoms with Crippen LogP contribution in [0.1, 0.15) is 22.7 Å². The van der Waals surface area contributed by atoms with Crippen LogP contribution < -0.4 is 24.7 Å². The molecule has 3 N–H and O–H groups in total. The van der Waals surface area contributed by atoms with Gasteiger partial charge in [-0.3, -0.25) is 5.10 Å². The molecule has 0 radical (unpaired) electrons. The number of aromatic nitrogens is 2. The molecule has 0 saturated carbocycles. The molecule has 1 atom stereocenters. The number of nitrogens with two attached hydrogens (primary N) is 1. The van der Waals surface area contributed by atoms with Gasteiger partial charge in [-0.2, -0.15) is 5.26 Å². The SMILES string of the molecule is COc1cc2c(cc1[C@@H]1C(C#N)=C(N)Oc3n[nH]c(C)c31)OCO2. The van der Waals surface area contributed by atoms with Crippen LogP contribution in [0.2, 0.25) is 0 Å². The van der Waals surface area contributed by atoms with Crippen LogP contribution in [0, 0.1) is 18.3 Å². The summed E-state index contributed by atoms with van der Waals surface area (Å²) >= 11 is 0. The molecule has 8 heteroatoms. The van der Waals surface area contributed by atoms with E-state index in [1.54, 1.807) is 19.2 Å². The Balaban J connectivity index is 1.98. The maximum atomic E-state index is 9.61. The average Bonchev–Trinajstić information content (AvgIpc) is 3.18. The number of hydrogen-bond donors (Lipinski definition) is 2. The van der Waals surface area contributed by atoms with Crippen molar-refractivity contribution in [2.75, 3.05) is 13.9 Å². The Morgan fingerprint density at radius 2 is 2.12 bits per heavy atom. The third kappa shape index (κ3) is 1.88. The molecule has 0 aliphatic carbocycles. The molecule has 0 unspecified atom stereocenters. The van der Waals surface area contributed by atoms with E-state index in [0.29, 0.717) is 28.7 Å². The van der Waals surface area contributed by atoms with Gasteiger partial charge in [-0.15, -0.1) is 5.10 Å². The lowest BCUT2D eigenvalue weighted by Crippen LogP contribution is -2.21. The van der Waals surface area contributed by atoms with Crippen LogP contribution in [0.3, 0.4) is 0 Å². The van der Waals surface area contributed by atoms with Gasteiger partial charge >= 0.3 is 0 Å². The number of methoxy groups -OCH3 is 1. The largest absolute Gasteiger partial charge is 0.496 e. The summed E-state index contributed by atoms with van der Waals surface area (Å²) in [5, 5.41) is 16.6.